The molecule has 0 aromatic heterocycles. The standard InChI is InChI=1S/C25H31NO7/c1-30-15-13-25(12-5-14-33-25)24(29)26-19(23(27)28)16-17-8-10-18(11-9-17)22-20(31-2)6-4-7-21(22)32-3/h4,6-11,19H,5,12-16H2,1-3H3,(H,26,29)(H,27,28)/t19-,25-/m0/s1. The number of hydrogen-bond donors (Lipinski definition) is 2. The number of amides is 1. The van der Waals surface area contributed by atoms with Gasteiger partial charge in [0.1, 0.15) is 23.1 Å². The van der Waals surface area contributed by atoms with Crippen molar-refractivity contribution in [3.63, 3.8) is 0 Å². The number of ether oxygens (including phenoxy) is 4. The van der Waals surface area contributed by atoms with Crippen LogP contribution in [0.1, 0.15) is 24.8 Å². The Hall–Kier alpha value is -3.10. The predicted octanol–water partition coefficient (Wildman–Crippen LogP) is 3.07. The zero-order chi connectivity index (χ0) is 23.8. The highest BCUT2D eigenvalue weighted by Crippen LogP contribution is 2.38. The molecule has 1 amide bonds. The van der Waals surface area contributed by atoms with Gasteiger partial charge in [-0.15, -0.1) is 0 Å². The Morgan fingerprint density at radius 3 is 2.27 bits per heavy atom. The summed E-state index contributed by atoms with van der Waals surface area (Å²) in [6.45, 7) is 0.835. The molecule has 1 aliphatic rings. The van der Waals surface area contributed by atoms with Crippen molar-refractivity contribution in [3.05, 3.63) is 48.0 Å². The van der Waals surface area contributed by atoms with E-state index in [9.17, 15) is 14.7 Å². The molecule has 2 N–H and O–H groups in total. The Balaban J connectivity index is 1.76. The highest BCUT2D eigenvalue weighted by molar-refractivity contribution is 5.89. The van der Waals surface area contributed by atoms with Crippen LogP contribution in [-0.4, -0.2) is 63.2 Å². The third-order valence-corrected chi connectivity index (χ3v) is 5.94. The molecular weight excluding hydrogens is 426 g/mol. The summed E-state index contributed by atoms with van der Waals surface area (Å²) >= 11 is 0. The van der Waals surface area contributed by atoms with Gasteiger partial charge in [-0.05, 0) is 36.1 Å². The lowest BCUT2D eigenvalue weighted by molar-refractivity contribution is -0.149. The minimum Gasteiger partial charge on any atom is -0.496 e. The van der Waals surface area contributed by atoms with Crippen LogP contribution in [0.3, 0.4) is 0 Å². The summed E-state index contributed by atoms with van der Waals surface area (Å²) in [5.74, 6) is -0.148. The van der Waals surface area contributed by atoms with Gasteiger partial charge >= 0.3 is 5.97 Å². The lowest BCUT2D eigenvalue weighted by Crippen LogP contribution is -2.53. The molecule has 0 radical (unpaired) electrons. The van der Waals surface area contributed by atoms with Crippen molar-refractivity contribution in [3.8, 4) is 22.6 Å². The quantitative estimate of drug-likeness (QED) is 0.534. The number of carboxylic acid groups (broad SMARTS) is 1. The van der Waals surface area contributed by atoms with E-state index in [-0.39, 0.29) is 6.42 Å². The number of carbonyl (C=O) groups excluding carboxylic acids is 1. The van der Waals surface area contributed by atoms with Gasteiger partial charge in [0.2, 0.25) is 0 Å². The number of benzene rings is 2. The Morgan fingerprint density at radius 2 is 1.76 bits per heavy atom. The van der Waals surface area contributed by atoms with Crippen LogP contribution in [0, 0.1) is 0 Å². The van der Waals surface area contributed by atoms with Gasteiger partial charge in [0.25, 0.3) is 5.91 Å². The van der Waals surface area contributed by atoms with Crippen molar-refractivity contribution in [2.75, 3.05) is 34.5 Å². The van der Waals surface area contributed by atoms with E-state index < -0.39 is 23.5 Å². The van der Waals surface area contributed by atoms with Gasteiger partial charge in [-0.3, -0.25) is 4.79 Å². The molecule has 2 atom stereocenters. The fraction of sp³-hybridized carbons (Fsp3) is 0.440. The fourth-order valence-corrected chi connectivity index (χ4v) is 4.12. The first-order valence-electron chi connectivity index (χ1n) is 10.9. The van der Waals surface area contributed by atoms with Crippen molar-refractivity contribution in [1.82, 2.24) is 5.32 Å². The summed E-state index contributed by atoms with van der Waals surface area (Å²) < 4.78 is 21.8. The van der Waals surface area contributed by atoms with Crippen molar-refractivity contribution in [2.24, 2.45) is 0 Å². The molecule has 0 unspecified atom stereocenters. The molecule has 8 nitrogen and oxygen atoms in total. The van der Waals surface area contributed by atoms with Crippen molar-refractivity contribution in [2.45, 2.75) is 37.3 Å². The maximum Gasteiger partial charge on any atom is 0.326 e. The Morgan fingerprint density at radius 1 is 1.09 bits per heavy atom. The van der Waals surface area contributed by atoms with Crippen molar-refractivity contribution in [1.29, 1.82) is 0 Å². The van der Waals surface area contributed by atoms with Crippen LogP contribution >= 0.6 is 0 Å². The van der Waals surface area contributed by atoms with E-state index in [0.29, 0.717) is 37.6 Å². The predicted molar refractivity (Wildman–Crippen MR) is 123 cm³/mol. The van der Waals surface area contributed by atoms with Crippen molar-refractivity contribution < 1.29 is 33.6 Å². The van der Waals surface area contributed by atoms with Gasteiger partial charge in [-0.25, -0.2) is 4.79 Å². The Kier molecular flexibility index (Phi) is 8.30. The molecule has 0 saturated carbocycles. The van der Waals surface area contributed by atoms with Crippen LogP contribution in [0.25, 0.3) is 11.1 Å². The van der Waals surface area contributed by atoms with Crippen LogP contribution in [0.15, 0.2) is 42.5 Å². The third kappa shape index (κ3) is 5.64. The van der Waals surface area contributed by atoms with Crippen LogP contribution in [0.5, 0.6) is 11.5 Å². The number of methoxy groups -OCH3 is 3. The third-order valence-electron chi connectivity index (χ3n) is 5.94. The smallest absolute Gasteiger partial charge is 0.326 e. The molecular formula is C25H31NO7. The van der Waals surface area contributed by atoms with Crippen molar-refractivity contribution >= 4 is 11.9 Å². The zero-order valence-corrected chi connectivity index (χ0v) is 19.3. The molecule has 0 bridgehead atoms. The molecule has 3 rings (SSSR count). The van der Waals surface area contributed by atoms with E-state index in [1.807, 2.05) is 42.5 Å². The molecule has 0 aliphatic carbocycles. The summed E-state index contributed by atoms with van der Waals surface area (Å²) in [4.78, 5) is 24.9. The summed E-state index contributed by atoms with van der Waals surface area (Å²) in [5, 5.41) is 12.4. The summed E-state index contributed by atoms with van der Waals surface area (Å²) in [7, 11) is 4.76. The first kappa shape index (κ1) is 24.5. The van der Waals surface area contributed by atoms with E-state index >= 15 is 0 Å². The number of carboxylic acids is 1. The van der Waals surface area contributed by atoms with Crippen LogP contribution in [0.2, 0.25) is 0 Å². The molecule has 1 heterocycles. The minimum atomic E-state index is -1.10. The summed E-state index contributed by atoms with van der Waals surface area (Å²) in [6, 6.07) is 11.9. The van der Waals surface area contributed by atoms with E-state index in [1.54, 1.807) is 21.3 Å². The number of nitrogens with one attached hydrogen (secondary N) is 1. The maximum atomic E-state index is 13.0. The molecule has 2 aromatic carbocycles. The topological polar surface area (TPSA) is 103 Å². The first-order valence-corrected chi connectivity index (χ1v) is 10.9. The second-order valence-electron chi connectivity index (χ2n) is 7.99. The van der Waals surface area contributed by atoms with Gasteiger partial charge in [-0.2, -0.15) is 0 Å². The molecule has 1 saturated heterocycles. The average molecular weight is 458 g/mol. The van der Waals surface area contributed by atoms with Gasteiger partial charge in [0.15, 0.2) is 0 Å². The number of hydrogen-bond acceptors (Lipinski definition) is 6. The molecule has 2 aromatic rings. The lowest BCUT2D eigenvalue weighted by Gasteiger charge is -2.28. The second-order valence-corrected chi connectivity index (χ2v) is 7.99. The number of rotatable bonds is 11. The number of aliphatic carboxylic acids is 1. The van der Waals surface area contributed by atoms with Crippen LogP contribution < -0.4 is 14.8 Å². The normalized spacial score (nSPS) is 18.5. The average Bonchev–Trinajstić information content (AvgIpc) is 3.32. The largest absolute Gasteiger partial charge is 0.496 e. The Labute approximate surface area is 193 Å². The zero-order valence-electron chi connectivity index (χ0n) is 19.3. The van der Waals surface area contributed by atoms with E-state index in [1.165, 1.54) is 0 Å². The molecule has 8 heteroatoms. The molecule has 1 aliphatic heterocycles. The highest BCUT2D eigenvalue weighted by Gasteiger charge is 2.43. The fourth-order valence-electron chi connectivity index (χ4n) is 4.12. The minimum absolute atomic E-state index is 0.144. The maximum absolute atomic E-state index is 13.0. The van der Waals surface area contributed by atoms with Gasteiger partial charge in [-0.1, -0.05) is 30.3 Å². The van der Waals surface area contributed by atoms with Crippen LogP contribution in [-0.2, 0) is 25.5 Å². The first-order chi connectivity index (χ1) is 15.9. The van der Waals surface area contributed by atoms with E-state index in [0.717, 1.165) is 23.1 Å². The summed E-state index contributed by atoms with van der Waals surface area (Å²) in [6.07, 6.45) is 1.83. The van der Waals surface area contributed by atoms with Gasteiger partial charge < -0.3 is 29.4 Å². The molecule has 1 fully saturated rings. The Bertz CT molecular complexity index is 929. The monoisotopic (exact) mass is 457 g/mol. The van der Waals surface area contributed by atoms with Crippen LogP contribution in [0.4, 0.5) is 0 Å². The molecule has 0 spiro atoms. The SMILES string of the molecule is COCC[C@]1(C(=O)N[C@@H](Cc2ccc(-c3c(OC)cccc3OC)cc2)C(=O)O)CCCO1. The second kappa shape index (κ2) is 11.2. The highest BCUT2D eigenvalue weighted by atomic mass is 16.5. The molecule has 178 valence electrons. The van der Waals surface area contributed by atoms with Gasteiger partial charge in [0.05, 0.1) is 19.8 Å². The van der Waals surface area contributed by atoms with E-state index in [2.05, 4.69) is 5.32 Å². The lowest BCUT2D eigenvalue weighted by atomic mass is 9.94. The number of carbonyl (C=O) groups is 2. The summed E-state index contributed by atoms with van der Waals surface area (Å²) in [5.41, 5.74) is 1.43. The molecule has 33 heavy (non-hydrogen) atoms. The van der Waals surface area contributed by atoms with E-state index in [4.69, 9.17) is 18.9 Å². The van der Waals surface area contributed by atoms with Gasteiger partial charge in [0, 0.05) is 33.2 Å².